The third kappa shape index (κ3) is 6.97. The average Bonchev–Trinajstić information content (AvgIpc) is 1.96. The summed E-state index contributed by atoms with van der Waals surface area (Å²) < 4.78 is 0. The van der Waals surface area contributed by atoms with Crippen LogP contribution in [0.15, 0.2) is 0 Å². The second-order valence-electron chi connectivity index (χ2n) is 6.39. The maximum absolute atomic E-state index is 11.7. The van der Waals surface area contributed by atoms with E-state index < -0.39 is 0 Å². The van der Waals surface area contributed by atoms with Crippen LogP contribution in [0, 0.1) is 0 Å². The summed E-state index contributed by atoms with van der Waals surface area (Å²) in [6.07, 6.45) is 0.341. The summed E-state index contributed by atoms with van der Waals surface area (Å²) in [4.78, 5) is 24.9. The van der Waals surface area contributed by atoms with Gasteiger partial charge in [0.1, 0.15) is 0 Å². The molecule has 0 atom stereocenters. The Morgan fingerprint density at radius 2 is 1.53 bits per heavy atom. The molecule has 0 saturated carbocycles. The van der Waals surface area contributed by atoms with Crippen LogP contribution in [0.5, 0.6) is 0 Å². The van der Waals surface area contributed by atoms with Crippen LogP contribution in [0.3, 0.4) is 0 Å². The standard InChI is InChI=1S/C13H26N2O2/c1-10(16)15(13(5,6)7)9-8-11(17)14-12(2,3)4/h8-9H2,1-7H3,(H,14,17). The summed E-state index contributed by atoms with van der Waals surface area (Å²) in [5.41, 5.74) is -0.465. The van der Waals surface area contributed by atoms with Gasteiger partial charge >= 0.3 is 0 Å². The number of amides is 2. The van der Waals surface area contributed by atoms with E-state index in [1.54, 1.807) is 4.90 Å². The molecule has 4 heteroatoms. The molecule has 0 aromatic heterocycles. The van der Waals surface area contributed by atoms with Crippen LogP contribution < -0.4 is 5.32 Å². The molecule has 0 unspecified atom stereocenters. The van der Waals surface area contributed by atoms with Gasteiger partial charge in [-0.05, 0) is 41.5 Å². The van der Waals surface area contributed by atoms with E-state index in [9.17, 15) is 9.59 Å². The molecule has 0 spiro atoms. The molecule has 0 saturated heterocycles. The molecule has 0 rings (SSSR count). The van der Waals surface area contributed by atoms with Crippen LogP contribution in [0.1, 0.15) is 54.9 Å². The summed E-state index contributed by atoms with van der Waals surface area (Å²) in [5, 5.41) is 2.89. The first-order valence-corrected chi connectivity index (χ1v) is 6.03. The molecule has 1 N–H and O–H groups in total. The van der Waals surface area contributed by atoms with Gasteiger partial charge in [-0.25, -0.2) is 0 Å². The molecule has 0 bridgehead atoms. The van der Waals surface area contributed by atoms with Gasteiger partial charge in [-0.3, -0.25) is 9.59 Å². The minimum Gasteiger partial charge on any atom is -0.351 e. The third-order valence-electron chi connectivity index (χ3n) is 2.27. The van der Waals surface area contributed by atoms with Crippen molar-refractivity contribution in [3.05, 3.63) is 0 Å². The van der Waals surface area contributed by atoms with Gasteiger partial charge in [-0.1, -0.05) is 0 Å². The van der Waals surface area contributed by atoms with Crippen molar-refractivity contribution >= 4 is 11.8 Å². The fourth-order valence-electron chi connectivity index (χ4n) is 1.66. The molecule has 0 aromatic rings. The fourth-order valence-corrected chi connectivity index (χ4v) is 1.66. The van der Waals surface area contributed by atoms with Crippen molar-refractivity contribution in [1.29, 1.82) is 0 Å². The fraction of sp³-hybridized carbons (Fsp3) is 0.846. The number of hydrogen-bond donors (Lipinski definition) is 1. The highest BCUT2D eigenvalue weighted by Gasteiger charge is 2.24. The Labute approximate surface area is 105 Å². The van der Waals surface area contributed by atoms with Crippen LogP contribution in [0.25, 0.3) is 0 Å². The smallest absolute Gasteiger partial charge is 0.222 e. The van der Waals surface area contributed by atoms with Gasteiger partial charge < -0.3 is 10.2 Å². The lowest BCUT2D eigenvalue weighted by Crippen LogP contribution is -2.47. The van der Waals surface area contributed by atoms with Crippen molar-refractivity contribution in [3.8, 4) is 0 Å². The monoisotopic (exact) mass is 242 g/mol. The quantitative estimate of drug-likeness (QED) is 0.822. The molecule has 0 aliphatic rings. The molecule has 0 heterocycles. The molecule has 17 heavy (non-hydrogen) atoms. The van der Waals surface area contributed by atoms with E-state index in [0.717, 1.165) is 0 Å². The Balaban J connectivity index is 4.34. The zero-order valence-electron chi connectivity index (χ0n) is 12.2. The minimum atomic E-state index is -0.242. The number of rotatable bonds is 3. The average molecular weight is 242 g/mol. The Morgan fingerprint density at radius 1 is 1.06 bits per heavy atom. The van der Waals surface area contributed by atoms with E-state index in [4.69, 9.17) is 0 Å². The lowest BCUT2D eigenvalue weighted by Gasteiger charge is -2.35. The predicted octanol–water partition coefficient (Wildman–Crippen LogP) is 1.94. The summed E-state index contributed by atoms with van der Waals surface area (Å²) >= 11 is 0. The molecule has 2 amide bonds. The number of carbonyl (C=O) groups excluding carboxylic acids is 2. The minimum absolute atomic E-state index is 0.000980. The first-order valence-electron chi connectivity index (χ1n) is 6.03. The first-order chi connectivity index (χ1) is 7.43. The SMILES string of the molecule is CC(=O)N(CCC(=O)NC(C)(C)C)C(C)(C)C. The van der Waals surface area contributed by atoms with Gasteiger partial charge in [0.15, 0.2) is 0 Å². The van der Waals surface area contributed by atoms with Gasteiger partial charge in [0.05, 0.1) is 0 Å². The third-order valence-corrected chi connectivity index (χ3v) is 2.27. The topological polar surface area (TPSA) is 49.4 Å². The van der Waals surface area contributed by atoms with Crippen LogP contribution >= 0.6 is 0 Å². The highest BCUT2D eigenvalue weighted by Crippen LogP contribution is 2.13. The van der Waals surface area contributed by atoms with Crippen molar-refractivity contribution in [2.24, 2.45) is 0 Å². The molecule has 100 valence electrons. The van der Waals surface area contributed by atoms with Gasteiger partial charge in [0, 0.05) is 31.0 Å². The summed E-state index contributed by atoms with van der Waals surface area (Å²) in [5.74, 6) is -0.0194. The van der Waals surface area contributed by atoms with Gasteiger partial charge in [-0.2, -0.15) is 0 Å². The van der Waals surface area contributed by atoms with E-state index in [2.05, 4.69) is 5.32 Å². The van der Waals surface area contributed by atoms with Crippen molar-refractivity contribution in [3.63, 3.8) is 0 Å². The van der Waals surface area contributed by atoms with E-state index in [1.165, 1.54) is 6.92 Å². The highest BCUT2D eigenvalue weighted by molar-refractivity contribution is 5.78. The van der Waals surface area contributed by atoms with E-state index in [1.807, 2.05) is 41.5 Å². The van der Waals surface area contributed by atoms with Crippen molar-refractivity contribution < 1.29 is 9.59 Å². The Hall–Kier alpha value is -1.06. The molecular weight excluding hydrogens is 216 g/mol. The van der Waals surface area contributed by atoms with Gasteiger partial charge in [0.2, 0.25) is 11.8 Å². The van der Waals surface area contributed by atoms with E-state index >= 15 is 0 Å². The first kappa shape index (κ1) is 15.9. The summed E-state index contributed by atoms with van der Waals surface area (Å²) in [6, 6.07) is 0. The van der Waals surface area contributed by atoms with Crippen molar-refractivity contribution in [2.75, 3.05) is 6.54 Å². The van der Waals surface area contributed by atoms with Crippen LogP contribution in [-0.2, 0) is 9.59 Å². The molecule has 0 radical (unpaired) electrons. The second-order valence-corrected chi connectivity index (χ2v) is 6.39. The molecule has 0 fully saturated rings. The molecule has 4 nitrogen and oxygen atoms in total. The lowest BCUT2D eigenvalue weighted by molar-refractivity contribution is -0.134. The van der Waals surface area contributed by atoms with Gasteiger partial charge in [-0.15, -0.1) is 0 Å². The highest BCUT2D eigenvalue weighted by atomic mass is 16.2. The predicted molar refractivity (Wildman–Crippen MR) is 69.7 cm³/mol. The summed E-state index contributed by atoms with van der Waals surface area (Å²) in [7, 11) is 0. The largest absolute Gasteiger partial charge is 0.351 e. The maximum Gasteiger partial charge on any atom is 0.222 e. The van der Waals surface area contributed by atoms with Gasteiger partial charge in [0.25, 0.3) is 0 Å². The van der Waals surface area contributed by atoms with Crippen LogP contribution in [0.2, 0.25) is 0 Å². The van der Waals surface area contributed by atoms with Crippen LogP contribution in [0.4, 0.5) is 0 Å². The molecule has 0 aliphatic carbocycles. The molecule has 0 aromatic carbocycles. The number of hydrogen-bond acceptors (Lipinski definition) is 2. The number of nitrogens with zero attached hydrogens (tertiary/aromatic N) is 1. The maximum atomic E-state index is 11.7. The van der Waals surface area contributed by atoms with E-state index in [0.29, 0.717) is 13.0 Å². The van der Waals surface area contributed by atoms with E-state index in [-0.39, 0.29) is 22.9 Å². The lowest BCUT2D eigenvalue weighted by atomic mass is 10.1. The summed E-state index contributed by atoms with van der Waals surface area (Å²) in [6.45, 7) is 13.7. The Kier molecular flexibility index (Phi) is 5.17. The normalized spacial score (nSPS) is 12.2. The number of nitrogens with one attached hydrogen (secondary N) is 1. The Bertz CT molecular complexity index is 285. The zero-order valence-corrected chi connectivity index (χ0v) is 12.2. The second kappa shape index (κ2) is 5.52. The molecule has 0 aliphatic heterocycles. The van der Waals surface area contributed by atoms with Crippen molar-refractivity contribution in [2.45, 2.75) is 66.0 Å². The Morgan fingerprint density at radius 3 is 1.82 bits per heavy atom. The van der Waals surface area contributed by atoms with Crippen molar-refractivity contribution in [1.82, 2.24) is 10.2 Å². The number of carbonyl (C=O) groups is 2. The zero-order chi connectivity index (χ0) is 13.9. The van der Waals surface area contributed by atoms with Crippen LogP contribution in [-0.4, -0.2) is 34.3 Å². The molecular formula is C13H26N2O2.